The van der Waals surface area contributed by atoms with Gasteiger partial charge < -0.3 is 15.2 Å². The highest BCUT2D eigenvalue weighted by Crippen LogP contribution is 2.31. The van der Waals surface area contributed by atoms with Crippen molar-refractivity contribution in [3.8, 4) is 5.75 Å². The zero-order valence-corrected chi connectivity index (χ0v) is 19.5. The number of carboxylic acid groups (broad SMARTS) is 1. The van der Waals surface area contributed by atoms with Crippen molar-refractivity contribution in [3.63, 3.8) is 0 Å². The van der Waals surface area contributed by atoms with Crippen molar-refractivity contribution in [3.05, 3.63) is 54.7 Å². The highest BCUT2D eigenvalue weighted by Gasteiger charge is 2.38. The van der Waals surface area contributed by atoms with Gasteiger partial charge >= 0.3 is 12.1 Å². The summed E-state index contributed by atoms with van der Waals surface area (Å²) in [6.07, 6.45) is -2.69. The van der Waals surface area contributed by atoms with Crippen LogP contribution < -0.4 is 10.1 Å². The number of carbonyl (C=O) groups is 1. The first-order valence-corrected chi connectivity index (χ1v) is 12.8. The molecule has 0 saturated carbocycles. The van der Waals surface area contributed by atoms with Gasteiger partial charge in [0.15, 0.2) is 9.84 Å². The SMILES string of the molecule is CNCCOc1cccc2c1ccn2S(=O)(=O)c1ccccc1S(C)(=O)=O.O=C(O)C(F)(F)F. The molecule has 9 nitrogen and oxygen atoms in total. The smallest absolute Gasteiger partial charge is 0.490 e. The van der Waals surface area contributed by atoms with Crippen molar-refractivity contribution < 1.29 is 44.6 Å². The van der Waals surface area contributed by atoms with Crippen molar-refractivity contribution in [2.24, 2.45) is 0 Å². The van der Waals surface area contributed by atoms with Crippen LogP contribution in [0.3, 0.4) is 0 Å². The van der Waals surface area contributed by atoms with Gasteiger partial charge in [-0.3, -0.25) is 0 Å². The van der Waals surface area contributed by atoms with Gasteiger partial charge in [-0.05, 0) is 37.4 Å². The van der Waals surface area contributed by atoms with Gasteiger partial charge in [0.25, 0.3) is 10.0 Å². The number of nitrogens with one attached hydrogen (secondary N) is 1. The van der Waals surface area contributed by atoms with Gasteiger partial charge in [-0.25, -0.2) is 25.6 Å². The molecule has 0 atom stereocenters. The van der Waals surface area contributed by atoms with Crippen molar-refractivity contribution in [1.82, 2.24) is 9.29 Å². The third-order valence-electron chi connectivity index (χ3n) is 4.29. The lowest BCUT2D eigenvalue weighted by Crippen LogP contribution is -2.21. The van der Waals surface area contributed by atoms with Gasteiger partial charge in [-0.15, -0.1) is 0 Å². The Morgan fingerprint density at radius 2 is 1.62 bits per heavy atom. The molecule has 0 aliphatic heterocycles. The molecule has 0 fully saturated rings. The summed E-state index contributed by atoms with van der Waals surface area (Å²) in [5, 5.41) is 10.7. The summed E-state index contributed by atoms with van der Waals surface area (Å²) >= 11 is 0. The van der Waals surface area contributed by atoms with Crippen LogP contribution in [0.15, 0.2) is 64.5 Å². The van der Waals surface area contributed by atoms with E-state index in [1.54, 1.807) is 24.3 Å². The number of ether oxygens (including phenoxy) is 1. The molecule has 2 N–H and O–H groups in total. The van der Waals surface area contributed by atoms with Crippen LogP contribution in [-0.2, 0) is 24.7 Å². The Morgan fingerprint density at radius 3 is 2.15 bits per heavy atom. The number of fused-ring (bicyclic) bond motifs is 1. The lowest BCUT2D eigenvalue weighted by atomic mass is 10.2. The van der Waals surface area contributed by atoms with Crippen molar-refractivity contribution in [1.29, 1.82) is 0 Å². The number of hydrogen-bond donors (Lipinski definition) is 2. The minimum Gasteiger partial charge on any atom is -0.492 e. The summed E-state index contributed by atoms with van der Waals surface area (Å²) in [5.74, 6) is -2.19. The molecule has 0 unspecified atom stereocenters. The van der Waals surface area contributed by atoms with E-state index in [9.17, 15) is 30.0 Å². The maximum absolute atomic E-state index is 13.2. The number of hydrogen-bond acceptors (Lipinski definition) is 7. The summed E-state index contributed by atoms with van der Waals surface area (Å²) in [6, 6.07) is 12.3. The molecule has 0 radical (unpaired) electrons. The second-order valence-corrected chi connectivity index (χ2v) is 10.5. The third kappa shape index (κ3) is 6.27. The Morgan fingerprint density at radius 1 is 1.03 bits per heavy atom. The third-order valence-corrected chi connectivity index (χ3v) is 7.33. The van der Waals surface area contributed by atoms with Gasteiger partial charge in [-0.2, -0.15) is 13.2 Å². The summed E-state index contributed by atoms with van der Waals surface area (Å²) in [4.78, 5) is 8.41. The fourth-order valence-corrected chi connectivity index (χ4v) is 5.74. The Labute approximate surface area is 193 Å². The van der Waals surface area contributed by atoms with Crippen LogP contribution in [-0.4, -0.2) is 64.5 Å². The van der Waals surface area contributed by atoms with E-state index < -0.39 is 32.0 Å². The largest absolute Gasteiger partial charge is 0.492 e. The van der Waals surface area contributed by atoms with Crippen LogP contribution in [0.25, 0.3) is 10.9 Å². The first-order valence-electron chi connectivity index (χ1n) is 9.43. The Bertz CT molecular complexity index is 1380. The van der Waals surface area contributed by atoms with Crippen molar-refractivity contribution in [2.45, 2.75) is 16.0 Å². The topological polar surface area (TPSA) is 132 Å². The van der Waals surface area contributed by atoms with Gasteiger partial charge in [-0.1, -0.05) is 18.2 Å². The molecule has 1 aromatic heterocycles. The number of aromatic nitrogens is 1. The number of benzene rings is 2. The fourth-order valence-electron chi connectivity index (χ4n) is 2.79. The standard InChI is InChI=1S/C18H20N2O5S2.C2HF3O2/c1-19-11-13-25-16-7-5-6-15-14(16)10-12-20(15)27(23,24)18-9-4-3-8-17(18)26(2,21)22;3-2(4,5)1(6)7/h3-10,12,19H,11,13H2,1-2H3;(H,6,7). The average molecular weight is 523 g/mol. The van der Waals surface area contributed by atoms with Crippen molar-refractivity contribution >= 4 is 36.7 Å². The van der Waals surface area contributed by atoms with E-state index in [-0.39, 0.29) is 9.79 Å². The quantitative estimate of drug-likeness (QED) is 0.453. The fraction of sp³-hybridized carbons (Fsp3) is 0.250. The van der Waals surface area contributed by atoms with Crippen LogP contribution in [0.1, 0.15) is 0 Å². The normalized spacial score (nSPS) is 12.1. The summed E-state index contributed by atoms with van der Waals surface area (Å²) in [5.41, 5.74) is 0.417. The average Bonchev–Trinajstić information content (AvgIpc) is 3.19. The monoisotopic (exact) mass is 522 g/mol. The summed E-state index contributed by atoms with van der Waals surface area (Å²) < 4.78 is 89.0. The number of sulfone groups is 1. The zero-order chi connectivity index (χ0) is 25.7. The number of aliphatic carboxylic acids is 1. The second kappa shape index (κ2) is 10.4. The molecular formula is C20H21F3N2O7S2. The molecule has 14 heteroatoms. The van der Waals surface area contributed by atoms with E-state index in [4.69, 9.17) is 14.6 Å². The first-order chi connectivity index (χ1) is 15.7. The highest BCUT2D eigenvalue weighted by atomic mass is 32.2. The van der Waals surface area contributed by atoms with Gasteiger partial charge in [0.05, 0.1) is 10.4 Å². The molecule has 0 amide bonds. The number of likely N-dealkylation sites (N-methyl/N-ethyl adjacent to an activating group) is 1. The first kappa shape index (κ1) is 27.1. The minimum absolute atomic E-state index is 0.228. The highest BCUT2D eigenvalue weighted by molar-refractivity contribution is 7.93. The molecule has 0 saturated heterocycles. The number of nitrogens with zero attached hydrogens (tertiary/aromatic N) is 1. The molecule has 186 valence electrons. The van der Waals surface area contributed by atoms with Crippen LogP contribution in [0.5, 0.6) is 5.75 Å². The lowest BCUT2D eigenvalue weighted by Gasteiger charge is -2.12. The Balaban J connectivity index is 0.000000509. The molecule has 1 heterocycles. The molecule has 3 aromatic rings. The number of halogens is 3. The number of rotatable bonds is 7. The molecule has 3 rings (SSSR count). The van der Waals surface area contributed by atoms with E-state index in [1.165, 1.54) is 30.5 Å². The molecule has 0 spiro atoms. The van der Waals surface area contributed by atoms with Gasteiger partial charge in [0.1, 0.15) is 17.3 Å². The Kier molecular flexibility index (Phi) is 8.34. The van der Waals surface area contributed by atoms with Crippen LogP contribution in [0.4, 0.5) is 13.2 Å². The maximum atomic E-state index is 13.2. The maximum Gasteiger partial charge on any atom is 0.490 e. The minimum atomic E-state index is -5.08. The zero-order valence-electron chi connectivity index (χ0n) is 17.9. The van der Waals surface area contributed by atoms with Crippen LogP contribution >= 0.6 is 0 Å². The molecular weight excluding hydrogens is 501 g/mol. The molecule has 2 aromatic carbocycles. The van der Waals surface area contributed by atoms with E-state index in [0.29, 0.717) is 29.8 Å². The number of carboxylic acids is 1. The van der Waals surface area contributed by atoms with Gasteiger partial charge in [0, 0.05) is 24.4 Å². The summed E-state index contributed by atoms with van der Waals surface area (Å²) in [7, 11) is -6.00. The Hall–Kier alpha value is -3.10. The molecule has 0 aliphatic carbocycles. The predicted octanol–water partition coefficient (Wildman–Crippen LogP) is 2.51. The molecule has 34 heavy (non-hydrogen) atoms. The van der Waals surface area contributed by atoms with Crippen LogP contribution in [0.2, 0.25) is 0 Å². The number of alkyl halides is 3. The van der Waals surface area contributed by atoms with E-state index >= 15 is 0 Å². The molecule has 0 bridgehead atoms. The predicted molar refractivity (Wildman–Crippen MR) is 117 cm³/mol. The lowest BCUT2D eigenvalue weighted by molar-refractivity contribution is -0.192. The van der Waals surface area contributed by atoms with E-state index in [1.807, 2.05) is 7.05 Å². The van der Waals surface area contributed by atoms with Crippen molar-refractivity contribution in [2.75, 3.05) is 26.5 Å². The van der Waals surface area contributed by atoms with E-state index in [0.717, 1.165) is 10.2 Å². The molecule has 0 aliphatic rings. The van der Waals surface area contributed by atoms with Gasteiger partial charge in [0.2, 0.25) is 0 Å². The van der Waals surface area contributed by atoms with E-state index in [2.05, 4.69) is 5.32 Å². The van der Waals surface area contributed by atoms with Crippen LogP contribution in [0, 0.1) is 0 Å². The summed E-state index contributed by atoms with van der Waals surface area (Å²) in [6.45, 7) is 1.08. The second-order valence-electron chi connectivity index (χ2n) is 6.78.